The first kappa shape index (κ1) is 32.8. The maximum Gasteiger partial charge on any atom is 0.303 e. The molecule has 0 fully saturated rings. The number of carboxylic acids is 1. The van der Waals surface area contributed by atoms with Crippen LogP contribution in [-0.2, 0) is 15.6 Å². The van der Waals surface area contributed by atoms with E-state index in [9.17, 15) is 4.79 Å². The van der Waals surface area contributed by atoms with Crippen LogP contribution in [0, 0.1) is 0 Å². The van der Waals surface area contributed by atoms with Crippen molar-refractivity contribution in [2.24, 2.45) is 0 Å². The Balaban J connectivity index is 0.00000423. The third-order valence-corrected chi connectivity index (χ3v) is 9.84. The smallest absolute Gasteiger partial charge is 0.303 e. The summed E-state index contributed by atoms with van der Waals surface area (Å²) in [6, 6.07) is 17.3. The van der Waals surface area contributed by atoms with E-state index in [1.807, 2.05) is 0 Å². The highest BCUT2D eigenvalue weighted by atomic mass is 35.5. The maximum atomic E-state index is 11.0. The molecule has 2 aliphatic heterocycles. The highest BCUT2D eigenvalue weighted by Crippen LogP contribution is 2.48. The van der Waals surface area contributed by atoms with Crippen LogP contribution in [0.2, 0.25) is 0 Å². The lowest BCUT2D eigenvalue weighted by molar-refractivity contribution is -0.401. The second-order valence-corrected chi connectivity index (χ2v) is 13.2. The zero-order valence-corrected chi connectivity index (χ0v) is 27.6. The van der Waals surface area contributed by atoms with Gasteiger partial charge >= 0.3 is 5.97 Å². The summed E-state index contributed by atoms with van der Waals surface area (Å²) in [5.74, 6) is -0.718. The summed E-state index contributed by atoms with van der Waals surface area (Å²) in [6.07, 6.45) is 14.9. The van der Waals surface area contributed by atoms with Crippen LogP contribution >= 0.6 is 11.6 Å². The van der Waals surface area contributed by atoms with Crippen molar-refractivity contribution in [1.29, 1.82) is 0 Å². The van der Waals surface area contributed by atoms with Crippen LogP contribution in [0.4, 0.5) is 11.4 Å². The van der Waals surface area contributed by atoms with E-state index in [-0.39, 0.29) is 29.7 Å². The van der Waals surface area contributed by atoms with Gasteiger partial charge in [0.1, 0.15) is 7.05 Å². The van der Waals surface area contributed by atoms with Crippen LogP contribution in [0.5, 0.6) is 0 Å². The van der Waals surface area contributed by atoms with Crippen molar-refractivity contribution in [2.75, 3.05) is 18.5 Å². The van der Waals surface area contributed by atoms with Crippen LogP contribution in [0.15, 0.2) is 94.7 Å². The van der Waals surface area contributed by atoms with Crippen LogP contribution in [0.25, 0.3) is 0 Å². The lowest BCUT2D eigenvalue weighted by Crippen LogP contribution is -3.00. The molecule has 0 atom stereocenters. The molecular formula is C37H44Cl2N2O2. The van der Waals surface area contributed by atoms with Gasteiger partial charge in [-0.05, 0) is 74.8 Å². The van der Waals surface area contributed by atoms with Crippen molar-refractivity contribution in [3.05, 3.63) is 106 Å². The molecule has 0 unspecified atom stereocenters. The molecule has 3 aliphatic rings. The second kappa shape index (κ2) is 13.3. The molecule has 1 N–H and O–H groups in total. The Morgan fingerprint density at radius 3 is 2.35 bits per heavy atom. The number of carbonyl (C=O) groups is 1. The van der Waals surface area contributed by atoms with Crippen molar-refractivity contribution in [2.45, 2.75) is 83.5 Å². The number of benzene rings is 2. The summed E-state index contributed by atoms with van der Waals surface area (Å²) >= 11 is 7.10. The lowest BCUT2D eigenvalue weighted by Gasteiger charge is -2.27. The Kier molecular flexibility index (Phi) is 10.1. The molecule has 0 bridgehead atoms. The number of unbranched alkanes of at least 4 members (excludes halogenated alkanes) is 2. The first-order chi connectivity index (χ1) is 20.0. The molecular weight excluding hydrogens is 575 g/mol. The molecule has 0 radical (unpaired) electrons. The van der Waals surface area contributed by atoms with E-state index in [0.717, 1.165) is 43.7 Å². The fraction of sp³-hybridized carbons (Fsp3) is 0.405. The number of halogens is 2. The predicted molar refractivity (Wildman–Crippen MR) is 175 cm³/mol. The Hall–Kier alpha value is -3.08. The zero-order valence-electron chi connectivity index (χ0n) is 26.1. The molecule has 0 saturated heterocycles. The third-order valence-electron chi connectivity index (χ3n) is 9.35. The number of para-hydroxylation sites is 2. The molecule has 228 valence electrons. The van der Waals surface area contributed by atoms with Gasteiger partial charge in [0, 0.05) is 52.5 Å². The van der Waals surface area contributed by atoms with E-state index in [1.54, 1.807) is 0 Å². The highest BCUT2D eigenvalue weighted by molar-refractivity contribution is 6.32. The van der Waals surface area contributed by atoms with E-state index in [4.69, 9.17) is 16.7 Å². The molecule has 4 nitrogen and oxygen atoms in total. The summed E-state index contributed by atoms with van der Waals surface area (Å²) in [7, 11) is 2.15. The quantitative estimate of drug-likeness (QED) is 0.269. The van der Waals surface area contributed by atoms with Crippen molar-refractivity contribution < 1.29 is 26.9 Å². The summed E-state index contributed by atoms with van der Waals surface area (Å²) in [5.41, 5.74) is 9.95. The number of anilines is 1. The number of hydrogen-bond donors (Lipinski definition) is 1. The molecule has 6 heteroatoms. The van der Waals surface area contributed by atoms with Gasteiger partial charge in [-0.15, -0.1) is 0 Å². The normalized spacial score (nSPS) is 20.7. The summed E-state index contributed by atoms with van der Waals surface area (Å²) < 4.78 is 2.31. The first-order valence-corrected chi connectivity index (χ1v) is 15.7. The Labute approximate surface area is 268 Å². The first-order valence-electron chi connectivity index (χ1n) is 15.3. The number of aliphatic carboxylic acids is 1. The minimum Gasteiger partial charge on any atom is -1.00 e. The summed E-state index contributed by atoms with van der Waals surface area (Å²) in [4.78, 5) is 13.4. The monoisotopic (exact) mass is 618 g/mol. The SMILES string of the molecule is C[N+]1=C(C=CC2=C(Cl)C(=CC=C3N(CCCCCC(=O)O)c4ccccc4C3(C)C)CCC2)C(C)(C)c2ccccc21.[Cl-]. The van der Waals surface area contributed by atoms with Crippen LogP contribution in [-0.4, -0.2) is 35.0 Å². The van der Waals surface area contributed by atoms with Gasteiger partial charge in [0.15, 0.2) is 5.71 Å². The molecule has 2 heterocycles. The fourth-order valence-corrected chi connectivity index (χ4v) is 7.29. The second-order valence-electron chi connectivity index (χ2n) is 12.9. The topological polar surface area (TPSA) is 43.5 Å². The minimum absolute atomic E-state index is 0. The standard InChI is InChI=1S/C37H43ClN2O2.ClH/c1-36(2)28-16-8-10-18-30(28)39(5)32(36)23-21-26-14-13-15-27(35(26)38)22-24-33-37(3,4)29-17-9-11-19-31(29)40(33)25-12-6-7-20-34(41)42;/h8-11,16-19,21-24H,6-7,12-15,20,25H2,1-5H3;1H. The predicted octanol–water partition coefficient (Wildman–Crippen LogP) is 6.18. The summed E-state index contributed by atoms with van der Waals surface area (Å²) in [5, 5.41) is 9.89. The molecule has 0 spiro atoms. The number of hydrogen-bond acceptors (Lipinski definition) is 2. The minimum atomic E-state index is -0.718. The van der Waals surface area contributed by atoms with Gasteiger partial charge in [0.25, 0.3) is 0 Å². The molecule has 43 heavy (non-hydrogen) atoms. The van der Waals surface area contributed by atoms with E-state index >= 15 is 0 Å². The summed E-state index contributed by atoms with van der Waals surface area (Å²) in [6.45, 7) is 10.0. The largest absolute Gasteiger partial charge is 1.00 e. The van der Waals surface area contributed by atoms with Gasteiger partial charge in [-0.2, -0.15) is 4.58 Å². The van der Waals surface area contributed by atoms with E-state index in [0.29, 0.717) is 6.42 Å². The van der Waals surface area contributed by atoms with E-state index < -0.39 is 5.97 Å². The maximum absolute atomic E-state index is 11.0. The highest BCUT2D eigenvalue weighted by Gasteiger charge is 2.42. The average Bonchev–Trinajstić information content (AvgIpc) is 3.29. The van der Waals surface area contributed by atoms with E-state index in [1.165, 1.54) is 45.1 Å². The van der Waals surface area contributed by atoms with Gasteiger partial charge in [-0.1, -0.05) is 80.4 Å². The van der Waals surface area contributed by atoms with Gasteiger partial charge in [-0.3, -0.25) is 4.79 Å². The Morgan fingerprint density at radius 2 is 1.63 bits per heavy atom. The lowest BCUT2D eigenvalue weighted by atomic mass is 9.81. The van der Waals surface area contributed by atoms with Crippen molar-refractivity contribution in [1.82, 2.24) is 0 Å². The van der Waals surface area contributed by atoms with Gasteiger partial charge in [0.05, 0.1) is 5.41 Å². The zero-order chi connectivity index (χ0) is 30.1. The van der Waals surface area contributed by atoms with Crippen molar-refractivity contribution in [3.8, 4) is 0 Å². The van der Waals surface area contributed by atoms with Crippen molar-refractivity contribution >= 4 is 34.7 Å². The molecule has 2 aromatic rings. The average molecular weight is 620 g/mol. The number of carboxylic acid groups (broad SMARTS) is 1. The van der Waals surface area contributed by atoms with Crippen molar-refractivity contribution in [3.63, 3.8) is 0 Å². The third kappa shape index (κ3) is 6.42. The van der Waals surface area contributed by atoms with Gasteiger partial charge in [0.2, 0.25) is 5.69 Å². The molecule has 0 aromatic heterocycles. The number of allylic oxidation sites excluding steroid dienone is 8. The van der Waals surface area contributed by atoms with E-state index in [2.05, 4.69) is 117 Å². The number of nitrogens with zero attached hydrogens (tertiary/aromatic N) is 2. The molecule has 2 aromatic carbocycles. The molecule has 5 rings (SSSR count). The Morgan fingerprint density at radius 1 is 0.930 bits per heavy atom. The van der Waals surface area contributed by atoms with Gasteiger partial charge < -0.3 is 22.4 Å². The number of rotatable bonds is 9. The molecule has 0 saturated carbocycles. The van der Waals surface area contributed by atoms with Gasteiger partial charge in [-0.25, -0.2) is 0 Å². The fourth-order valence-electron chi connectivity index (χ4n) is 6.97. The van der Waals surface area contributed by atoms with Crippen LogP contribution < -0.4 is 17.3 Å². The molecule has 1 aliphatic carbocycles. The molecule has 0 amide bonds. The Bertz CT molecular complexity index is 1540. The number of fused-ring (bicyclic) bond motifs is 2. The van der Waals surface area contributed by atoms with Crippen LogP contribution in [0.1, 0.15) is 83.8 Å². The van der Waals surface area contributed by atoms with Crippen LogP contribution in [0.3, 0.4) is 0 Å².